The Labute approximate surface area is 137 Å². The number of hydrogen-bond acceptors (Lipinski definition) is 3. The molecule has 3 nitrogen and oxygen atoms in total. The molecule has 10 unspecified atom stereocenters. The van der Waals surface area contributed by atoms with Gasteiger partial charge in [-0.05, 0) is 92.3 Å². The van der Waals surface area contributed by atoms with Crippen molar-refractivity contribution < 1.29 is 14.3 Å². The third-order valence-electron chi connectivity index (χ3n) is 8.48. The van der Waals surface area contributed by atoms with E-state index in [9.17, 15) is 4.79 Å². The molecule has 7 aliphatic rings. The normalized spacial score (nSPS) is 58.7. The van der Waals surface area contributed by atoms with E-state index in [1.54, 1.807) is 0 Å². The quantitative estimate of drug-likeness (QED) is 0.538. The van der Waals surface area contributed by atoms with Crippen molar-refractivity contribution >= 4 is 6.16 Å². The molecule has 6 aliphatic carbocycles. The van der Waals surface area contributed by atoms with E-state index in [1.165, 1.54) is 32.1 Å². The third-order valence-corrected chi connectivity index (χ3v) is 8.48. The lowest BCUT2D eigenvalue weighted by atomic mass is 9.54. The number of carbonyl (C=O) groups excluding carboxylic acids is 1. The molecular weight excluding hydrogens is 288 g/mol. The molecule has 0 aromatic carbocycles. The highest BCUT2D eigenvalue weighted by molar-refractivity contribution is 5.62. The first-order chi connectivity index (χ1) is 11.3. The maximum atomic E-state index is 11.4. The standard InChI is InChI=1S/C20H26O3/c21-20-22-16-6-5-12(9-17(16)23-20)14-7-13-8-15(14)19-11-3-1-10(2-4-11)18(13)19/h1,3,10-19H,2,4-9H2. The van der Waals surface area contributed by atoms with Crippen LogP contribution in [-0.4, -0.2) is 18.4 Å². The molecule has 0 radical (unpaired) electrons. The van der Waals surface area contributed by atoms with Gasteiger partial charge in [-0.2, -0.15) is 0 Å². The van der Waals surface area contributed by atoms with Crippen molar-refractivity contribution in [2.75, 3.05) is 0 Å². The molecule has 0 amide bonds. The van der Waals surface area contributed by atoms with Crippen LogP contribution in [0.3, 0.4) is 0 Å². The van der Waals surface area contributed by atoms with Crippen molar-refractivity contribution in [3.63, 3.8) is 0 Å². The Kier molecular flexibility index (Phi) is 2.63. The van der Waals surface area contributed by atoms with Crippen LogP contribution < -0.4 is 0 Å². The van der Waals surface area contributed by atoms with Gasteiger partial charge in [-0.15, -0.1) is 0 Å². The maximum absolute atomic E-state index is 11.4. The molecule has 7 rings (SSSR count). The molecule has 0 N–H and O–H groups in total. The van der Waals surface area contributed by atoms with Crippen molar-refractivity contribution in [3.8, 4) is 0 Å². The van der Waals surface area contributed by atoms with Gasteiger partial charge in [0.15, 0.2) is 0 Å². The molecular formula is C20H26O3. The summed E-state index contributed by atoms with van der Waals surface area (Å²) in [7, 11) is 0. The number of ether oxygens (including phenoxy) is 2. The average Bonchev–Trinajstić information content (AvgIpc) is 3.27. The lowest BCUT2D eigenvalue weighted by molar-refractivity contribution is -0.00572. The highest BCUT2D eigenvalue weighted by Gasteiger charge is 2.60. The molecule has 1 aliphatic heterocycles. The lowest BCUT2D eigenvalue weighted by Crippen LogP contribution is -2.45. The predicted octanol–water partition coefficient (Wildman–Crippen LogP) is 4.17. The van der Waals surface area contributed by atoms with Crippen LogP contribution in [-0.2, 0) is 9.47 Å². The van der Waals surface area contributed by atoms with Gasteiger partial charge in [0.05, 0.1) is 0 Å². The zero-order valence-electron chi connectivity index (χ0n) is 13.6. The van der Waals surface area contributed by atoms with E-state index in [-0.39, 0.29) is 12.2 Å². The van der Waals surface area contributed by atoms with E-state index < -0.39 is 6.16 Å². The Hall–Kier alpha value is -0.990. The topological polar surface area (TPSA) is 35.5 Å². The second kappa shape index (κ2) is 4.55. The first kappa shape index (κ1) is 13.3. The van der Waals surface area contributed by atoms with Crippen molar-refractivity contribution in [2.24, 2.45) is 47.3 Å². The minimum absolute atomic E-state index is 0.0544. The fourth-order valence-corrected chi connectivity index (χ4v) is 7.84. The minimum atomic E-state index is -0.427. The Morgan fingerprint density at radius 2 is 1.48 bits per heavy atom. The zero-order chi connectivity index (χ0) is 15.1. The van der Waals surface area contributed by atoms with Gasteiger partial charge in [0, 0.05) is 0 Å². The molecule has 0 aromatic heterocycles. The Morgan fingerprint density at radius 3 is 2.30 bits per heavy atom. The molecule has 4 saturated carbocycles. The molecule has 124 valence electrons. The van der Waals surface area contributed by atoms with Crippen LogP contribution >= 0.6 is 0 Å². The van der Waals surface area contributed by atoms with Crippen LogP contribution in [0.15, 0.2) is 12.2 Å². The molecule has 0 spiro atoms. The molecule has 1 heterocycles. The van der Waals surface area contributed by atoms with Gasteiger partial charge in [0.25, 0.3) is 0 Å². The van der Waals surface area contributed by atoms with Gasteiger partial charge in [-0.1, -0.05) is 12.2 Å². The minimum Gasteiger partial charge on any atom is -0.427 e. The highest BCUT2D eigenvalue weighted by Crippen LogP contribution is 2.66. The summed E-state index contributed by atoms with van der Waals surface area (Å²) in [5.74, 6) is 7.41. The summed E-state index contributed by atoms with van der Waals surface area (Å²) in [6, 6.07) is 0. The van der Waals surface area contributed by atoms with Crippen molar-refractivity contribution in [1.82, 2.24) is 0 Å². The van der Waals surface area contributed by atoms with Crippen molar-refractivity contribution in [1.29, 1.82) is 0 Å². The van der Waals surface area contributed by atoms with E-state index in [4.69, 9.17) is 9.47 Å². The number of fused-ring (bicyclic) bond motifs is 4. The number of rotatable bonds is 1. The van der Waals surface area contributed by atoms with Crippen LogP contribution in [0.5, 0.6) is 0 Å². The van der Waals surface area contributed by atoms with Gasteiger partial charge >= 0.3 is 6.16 Å². The van der Waals surface area contributed by atoms with Crippen molar-refractivity contribution in [2.45, 2.75) is 57.2 Å². The summed E-state index contributed by atoms with van der Waals surface area (Å²) in [6.07, 6.45) is 14.0. The first-order valence-corrected chi connectivity index (χ1v) is 9.83. The zero-order valence-corrected chi connectivity index (χ0v) is 13.6. The molecule has 1 saturated heterocycles. The summed E-state index contributed by atoms with van der Waals surface area (Å²) in [4.78, 5) is 11.4. The fraction of sp³-hybridized carbons (Fsp3) is 0.850. The van der Waals surface area contributed by atoms with Gasteiger partial charge < -0.3 is 9.47 Å². The molecule has 5 fully saturated rings. The molecule has 10 atom stereocenters. The summed E-state index contributed by atoms with van der Waals surface area (Å²) >= 11 is 0. The van der Waals surface area contributed by atoms with Crippen LogP contribution in [0.1, 0.15) is 44.9 Å². The largest absolute Gasteiger partial charge is 0.509 e. The summed E-state index contributed by atoms with van der Waals surface area (Å²) in [5, 5.41) is 0. The monoisotopic (exact) mass is 314 g/mol. The second-order valence-electron chi connectivity index (χ2n) is 9.14. The molecule has 23 heavy (non-hydrogen) atoms. The Balaban J connectivity index is 1.23. The van der Waals surface area contributed by atoms with Crippen LogP contribution in [0, 0.1) is 47.3 Å². The Bertz CT molecular complexity index is 569. The first-order valence-electron chi connectivity index (χ1n) is 9.83. The van der Waals surface area contributed by atoms with Gasteiger partial charge in [-0.3, -0.25) is 0 Å². The van der Waals surface area contributed by atoms with Crippen LogP contribution in [0.25, 0.3) is 0 Å². The molecule has 0 aromatic rings. The van der Waals surface area contributed by atoms with Crippen molar-refractivity contribution in [3.05, 3.63) is 12.2 Å². The maximum Gasteiger partial charge on any atom is 0.509 e. The molecule has 4 bridgehead atoms. The SMILES string of the molecule is O=C1OC2CCC(C3CC4CC3C3C5C=CC(CC5)C43)CC2O1. The third kappa shape index (κ3) is 1.74. The summed E-state index contributed by atoms with van der Waals surface area (Å²) in [5.41, 5.74) is 0. The van der Waals surface area contributed by atoms with E-state index >= 15 is 0 Å². The molecule has 3 heteroatoms. The van der Waals surface area contributed by atoms with E-state index in [0.717, 1.165) is 60.2 Å². The van der Waals surface area contributed by atoms with E-state index in [2.05, 4.69) is 12.2 Å². The van der Waals surface area contributed by atoms with Crippen LogP contribution in [0.4, 0.5) is 4.79 Å². The number of hydrogen-bond donors (Lipinski definition) is 0. The fourth-order valence-electron chi connectivity index (χ4n) is 7.84. The number of allylic oxidation sites excluding steroid dienone is 2. The summed E-state index contributed by atoms with van der Waals surface area (Å²) < 4.78 is 10.7. The van der Waals surface area contributed by atoms with E-state index in [1.807, 2.05) is 0 Å². The smallest absolute Gasteiger partial charge is 0.427 e. The highest BCUT2D eigenvalue weighted by atomic mass is 16.8. The second-order valence-corrected chi connectivity index (χ2v) is 9.14. The number of carbonyl (C=O) groups is 1. The van der Waals surface area contributed by atoms with Gasteiger partial charge in [0.2, 0.25) is 0 Å². The van der Waals surface area contributed by atoms with E-state index in [0.29, 0.717) is 0 Å². The van der Waals surface area contributed by atoms with Gasteiger partial charge in [0.1, 0.15) is 12.2 Å². The van der Waals surface area contributed by atoms with Crippen LogP contribution in [0.2, 0.25) is 0 Å². The lowest BCUT2D eigenvalue weighted by Gasteiger charge is -2.51. The Morgan fingerprint density at radius 1 is 0.739 bits per heavy atom. The predicted molar refractivity (Wildman–Crippen MR) is 84.5 cm³/mol. The summed E-state index contributed by atoms with van der Waals surface area (Å²) in [6.45, 7) is 0. The van der Waals surface area contributed by atoms with Gasteiger partial charge in [-0.25, -0.2) is 4.79 Å². The average molecular weight is 314 g/mol.